The SMILES string of the molecule is COc1ccc(OCCNCC(=O)NCc2ccccn2)cc1. The van der Waals surface area contributed by atoms with Gasteiger partial charge in [-0.05, 0) is 36.4 Å². The molecule has 1 amide bonds. The summed E-state index contributed by atoms with van der Waals surface area (Å²) in [5.41, 5.74) is 0.837. The van der Waals surface area contributed by atoms with E-state index in [4.69, 9.17) is 9.47 Å². The number of carbonyl (C=O) groups excluding carboxylic acids is 1. The van der Waals surface area contributed by atoms with Crippen LogP contribution in [0.1, 0.15) is 5.69 Å². The van der Waals surface area contributed by atoms with Gasteiger partial charge in [0, 0.05) is 12.7 Å². The van der Waals surface area contributed by atoms with Gasteiger partial charge in [0.25, 0.3) is 0 Å². The van der Waals surface area contributed by atoms with Crippen LogP contribution in [0.15, 0.2) is 48.7 Å². The first-order valence-corrected chi connectivity index (χ1v) is 7.42. The highest BCUT2D eigenvalue weighted by Gasteiger charge is 2.01. The van der Waals surface area contributed by atoms with Gasteiger partial charge in [0.1, 0.15) is 18.1 Å². The summed E-state index contributed by atoms with van der Waals surface area (Å²) in [5, 5.41) is 5.83. The number of carbonyl (C=O) groups is 1. The Morgan fingerprint density at radius 3 is 2.61 bits per heavy atom. The van der Waals surface area contributed by atoms with E-state index in [1.165, 1.54) is 0 Å². The van der Waals surface area contributed by atoms with Crippen LogP contribution in [0, 0.1) is 0 Å². The van der Waals surface area contributed by atoms with Gasteiger partial charge in [0.05, 0.1) is 25.9 Å². The second-order valence-electron chi connectivity index (χ2n) is 4.80. The van der Waals surface area contributed by atoms with E-state index in [9.17, 15) is 4.79 Å². The summed E-state index contributed by atoms with van der Waals surface area (Å²) in [4.78, 5) is 15.8. The summed E-state index contributed by atoms with van der Waals surface area (Å²) < 4.78 is 10.6. The van der Waals surface area contributed by atoms with Gasteiger partial charge in [-0.2, -0.15) is 0 Å². The van der Waals surface area contributed by atoms with Gasteiger partial charge in [-0.25, -0.2) is 0 Å². The highest BCUT2D eigenvalue weighted by atomic mass is 16.5. The Labute approximate surface area is 135 Å². The van der Waals surface area contributed by atoms with Crippen molar-refractivity contribution in [3.8, 4) is 11.5 Å². The van der Waals surface area contributed by atoms with Crippen LogP contribution in [-0.4, -0.2) is 37.7 Å². The molecule has 1 aromatic carbocycles. The number of pyridine rings is 1. The zero-order valence-corrected chi connectivity index (χ0v) is 13.1. The first-order chi connectivity index (χ1) is 11.3. The van der Waals surface area contributed by atoms with Crippen molar-refractivity contribution < 1.29 is 14.3 Å². The van der Waals surface area contributed by atoms with Crippen LogP contribution in [-0.2, 0) is 11.3 Å². The predicted octanol–water partition coefficient (Wildman–Crippen LogP) is 1.37. The van der Waals surface area contributed by atoms with Crippen LogP contribution in [0.4, 0.5) is 0 Å². The van der Waals surface area contributed by atoms with Crippen LogP contribution in [0.2, 0.25) is 0 Å². The molecule has 2 rings (SSSR count). The minimum atomic E-state index is -0.0694. The summed E-state index contributed by atoms with van der Waals surface area (Å²) in [5.74, 6) is 1.49. The maximum absolute atomic E-state index is 11.7. The van der Waals surface area contributed by atoms with Crippen LogP contribution >= 0.6 is 0 Å². The highest BCUT2D eigenvalue weighted by Crippen LogP contribution is 2.16. The topological polar surface area (TPSA) is 72.5 Å². The van der Waals surface area contributed by atoms with E-state index < -0.39 is 0 Å². The van der Waals surface area contributed by atoms with E-state index >= 15 is 0 Å². The summed E-state index contributed by atoms with van der Waals surface area (Å²) in [6.07, 6.45) is 1.70. The molecular weight excluding hydrogens is 294 g/mol. The van der Waals surface area contributed by atoms with Crippen molar-refractivity contribution >= 4 is 5.91 Å². The van der Waals surface area contributed by atoms with E-state index in [-0.39, 0.29) is 12.5 Å². The van der Waals surface area contributed by atoms with Crippen LogP contribution in [0.3, 0.4) is 0 Å². The largest absolute Gasteiger partial charge is 0.497 e. The number of nitrogens with zero attached hydrogens (tertiary/aromatic N) is 1. The highest BCUT2D eigenvalue weighted by molar-refractivity contribution is 5.77. The lowest BCUT2D eigenvalue weighted by Crippen LogP contribution is -2.35. The van der Waals surface area contributed by atoms with E-state index in [0.717, 1.165) is 17.2 Å². The minimum Gasteiger partial charge on any atom is -0.497 e. The standard InChI is InChI=1S/C17H21N3O3/c1-22-15-5-7-16(8-6-15)23-11-10-18-13-17(21)20-12-14-4-2-3-9-19-14/h2-9,18H,10-13H2,1H3,(H,20,21). The number of ether oxygens (including phenoxy) is 2. The van der Waals surface area contributed by atoms with Crippen LogP contribution < -0.4 is 20.1 Å². The lowest BCUT2D eigenvalue weighted by molar-refractivity contribution is -0.120. The normalized spacial score (nSPS) is 10.1. The zero-order valence-electron chi connectivity index (χ0n) is 13.1. The van der Waals surface area contributed by atoms with E-state index in [1.807, 2.05) is 42.5 Å². The number of nitrogens with one attached hydrogen (secondary N) is 2. The number of hydrogen-bond acceptors (Lipinski definition) is 5. The van der Waals surface area contributed by atoms with Crippen LogP contribution in [0.25, 0.3) is 0 Å². The molecule has 0 radical (unpaired) electrons. The molecule has 0 atom stereocenters. The molecule has 2 aromatic rings. The lowest BCUT2D eigenvalue weighted by atomic mass is 10.3. The maximum atomic E-state index is 11.7. The van der Waals surface area contributed by atoms with E-state index in [2.05, 4.69) is 15.6 Å². The van der Waals surface area contributed by atoms with E-state index in [1.54, 1.807) is 13.3 Å². The number of rotatable bonds is 9. The predicted molar refractivity (Wildman–Crippen MR) is 87.4 cm³/mol. The molecule has 1 heterocycles. The molecule has 0 saturated heterocycles. The second kappa shape index (κ2) is 9.42. The van der Waals surface area contributed by atoms with Gasteiger partial charge in [0.2, 0.25) is 5.91 Å². The van der Waals surface area contributed by atoms with Crippen molar-refractivity contribution in [1.29, 1.82) is 0 Å². The molecule has 1 aromatic heterocycles. The molecule has 0 aliphatic carbocycles. The van der Waals surface area contributed by atoms with Gasteiger partial charge in [-0.3, -0.25) is 9.78 Å². The number of amides is 1. The Kier molecular flexibility index (Phi) is 6.87. The maximum Gasteiger partial charge on any atom is 0.234 e. The summed E-state index contributed by atoms with van der Waals surface area (Å²) >= 11 is 0. The Bertz CT molecular complexity index is 588. The molecular formula is C17H21N3O3. The average Bonchev–Trinajstić information content (AvgIpc) is 2.61. The summed E-state index contributed by atoms with van der Waals surface area (Å²) in [6.45, 7) is 1.76. The summed E-state index contributed by atoms with van der Waals surface area (Å²) in [7, 11) is 1.62. The molecule has 0 spiro atoms. The Balaban J connectivity index is 1.55. The Morgan fingerprint density at radius 2 is 1.91 bits per heavy atom. The van der Waals surface area contributed by atoms with Crippen molar-refractivity contribution in [2.45, 2.75) is 6.54 Å². The van der Waals surface area contributed by atoms with Gasteiger partial charge >= 0.3 is 0 Å². The fourth-order valence-electron chi connectivity index (χ4n) is 1.87. The van der Waals surface area contributed by atoms with Gasteiger partial charge in [-0.1, -0.05) is 6.07 Å². The van der Waals surface area contributed by atoms with Crippen molar-refractivity contribution in [1.82, 2.24) is 15.6 Å². The monoisotopic (exact) mass is 315 g/mol. The second-order valence-corrected chi connectivity index (χ2v) is 4.80. The molecule has 23 heavy (non-hydrogen) atoms. The van der Waals surface area contributed by atoms with Gasteiger partial charge < -0.3 is 20.1 Å². The van der Waals surface area contributed by atoms with E-state index in [0.29, 0.717) is 19.7 Å². The zero-order chi connectivity index (χ0) is 16.3. The molecule has 122 valence electrons. The Morgan fingerprint density at radius 1 is 1.13 bits per heavy atom. The number of aromatic nitrogens is 1. The fourth-order valence-corrected chi connectivity index (χ4v) is 1.87. The average molecular weight is 315 g/mol. The molecule has 0 aliphatic rings. The lowest BCUT2D eigenvalue weighted by Gasteiger charge is -2.08. The molecule has 2 N–H and O–H groups in total. The summed E-state index contributed by atoms with van der Waals surface area (Å²) in [6, 6.07) is 13.0. The van der Waals surface area contributed by atoms with Gasteiger partial charge in [0.15, 0.2) is 0 Å². The molecule has 0 fully saturated rings. The fraction of sp³-hybridized carbons (Fsp3) is 0.294. The molecule has 0 unspecified atom stereocenters. The van der Waals surface area contributed by atoms with Crippen LogP contribution in [0.5, 0.6) is 11.5 Å². The third kappa shape index (κ3) is 6.36. The molecule has 0 bridgehead atoms. The quantitative estimate of drug-likeness (QED) is 0.684. The molecule has 0 saturated carbocycles. The molecule has 0 aliphatic heterocycles. The number of methoxy groups -OCH3 is 1. The van der Waals surface area contributed by atoms with Crippen molar-refractivity contribution in [3.05, 3.63) is 54.4 Å². The number of hydrogen-bond donors (Lipinski definition) is 2. The van der Waals surface area contributed by atoms with Crippen molar-refractivity contribution in [2.24, 2.45) is 0 Å². The molecule has 6 nitrogen and oxygen atoms in total. The van der Waals surface area contributed by atoms with Gasteiger partial charge in [-0.15, -0.1) is 0 Å². The first kappa shape index (κ1) is 16.8. The van der Waals surface area contributed by atoms with Crippen molar-refractivity contribution in [2.75, 3.05) is 26.8 Å². The number of benzene rings is 1. The third-order valence-corrected chi connectivity index (χ3v) is 3.09. The third-order valence-electron chi connectivity index (χ3n) is 3.09. The smallest absolute Gasteiger partial charge is 0.234 e. The Hall–Kier alpha value is -2.60. The van der Waals surface area contributed by atoms with Crippen molar-refractivity contribution in [3.63, 3.8) is 0 Å². The minimum absolute atomic E-state index is 0.0694. The first-order valence-electron chi connectivity index (χ1n) is 7.42. The molecule has 6 heteroatoms.